The lowest BCUT2D eigenvalue weighted by atomic mass is 10.0. The molecule has 9 heteroatoms. The fourth-order valence-corrected chi connectivity index (χ4v) is 4.48. The number of hydrogen-bond acceptors (Lipinski definition) is 6. The molecule has 1 saturated carbocycles. The molecule has 1 fully saturated rings. The Balaban J connectivity index is 1.37. The summed E-state index contributed by atoms with van der Waals surface area (Å²) in [5, 5.41) is 8.71. The van der Waals surface area contributed by atoms with E-state index in [-0.39, 0.29) is 36.7 Å². The molecule has 1 aliphatic carbocycles. The van der Waals surface area contributed by atoms with Crippen molar-refractivity contribution in [2.24, 2.45) is 0 Å². The molecule has 0 atom stereocenters. The summed E-state index contributed by atoms with van der Waals surface area (Å²) in [5.41, 5.74) is 2.74. The summed E-state index contributed by atoms with van der Waals surface area (Å²) < 4.78 is 21.5. The van der Waals surface area contributed by atoms with Crippen LogP contribution in [0.5, 0.6) is 5.75 Å². The van der Waals surface area contributed by atoms with Crippen LogP contribution in [0.3, 0.4) is 0 Å². The maximum Gasteiger partial charge on any atom is 0.233 e. The van der Waals surface area contributed by atoms with Crippen LogP contribution in [-0.4, -0.2) is 37.5 Å². The first-order valence-electron chi connectivity index (χ1n) is 11.4. The second-order valence-corrected chi connectivity index (χ2v) is 9.83. The van der Waals surface area contributed by atoms with Crippen LogP contribution in [0.15, 0.2) is 47.6 Å². The molecule has 7 nitrogen and oxygen atoms in total. The van der Waals surface area contributed by atoms with E-state index in [1.165, 1.54) is 22.5 Å². The minimum atomic E-state index is -0.297. The number of aromatic nitrogens is 3. The van der Waals surface area contributed by atoms with Gasteiger partial charge >= 0.3 is 0 Å². The van der Waals surface area contributed by atoms with Crippen molar-refractivity contribution < 1.29 is 13.9 Å². The Bertz CT molecular complexity index is 1160. The lowest BCUT2D eigenvalue weighted by Gasteiger charge is -2.22. The zero-order chi connectivity index (χ0) is 24.2. The average Bonchev–Trinajstić information content (AvgIpc) is 3.59. The number of benzene rings is 2. The first kappa shape index (κ1) is 24.1. The number of hydrogen-bond donors (Lipinski definition) is 1. The number of nitrogens with zero attached hydrogens (tertiary/aromatic N) is 4. The van der Waals surface area contributed by atoms with Gasteiger partial charge in [-0.25, -0.2) is 9.07 Å². The van der Waals surface area contributed by atoms with Gasteiger partial charge in [-0.1, -0.05) is 55.9 Å². The van der Waals surface area contributed by atoms with Crippen molar-refractivity contribution in [2.75, 3.05) is 11.6 Å². The van der Waals surface area contributed by atoms with Gasteiger partial charge in [0.2, 0.25) is 11.1 Å². The molecule has 3 aromatic rings. The van der Waals surface area contributed by atoms with E-state index >= 15 is 0 Å². The number of nitrogens with two attached hydrogens (primary N) is 1. The van der Waals surface area contributed by atoms with E-state index in [1.54, 1.807) is 23.1 Å². The Morgan fingerprint density at radius 2 is 2.03 bits per heavy atom. The molecule has 0 aliphatic heterocycles. The molecular weight excluding hydrogens is 453 g/mol. The number of ether oxygens (including phenoxy) is 1. The minimum absolute atomic E-state index is 0.0714. The standard InChI is InChI=1S/C25H30FN5O2S/c1-16(2)20-11-8-17(3)12-22(20)33-14-23-28-29-25(31(23)27)34-15-24(32)30(19-9-10-19)13-18-6-4-5-7-21(18)26/h4-8,11-12,16,19H,9-10,13-15,27H2,1-3H3. The third kappa shape index (κ3) is 5.70. The predicted octanol–water partition coefficient (Wildman–Crippen LogP) is 4.43. The van der Waals surface area contributed by atoms with Gasteiger partial charge in [-0.05, 0) is 48.9 Å². The molecular formula is C25H30FN5O2S. The SMILES string of the molecule is Cc1ccc(C(C)C)c(OCc2nnc(SCC(=O)N(Cc3ccccc3F)C3CC3)n2N)c1. The smallest absolute Gasteiger partial charge is 0.233 e. The summed E-state index contributed by atoms with van der Waals surface area (Å²) in [4.78, 5) is 14.7. The van der Waals surface area contributed by atoms with E-state index in [0.717, 1.165) is 29.7 Å². The van der Waals surface area contributed by atoms with Gasteiger partial charge < -0.3 is 15.5 Å². The van der Waals surface area contributed by atoms with Crippen LogP contribution < -0.4 is 10.6 Å². The molecule has 180 valence electrons. The van der Waals surface area contributed by atoms with Crippen LogP contribution in [0.2, 0.25) is 0 Å². The van der Waals surface area contributed by atoms with Crippen molar-refractivity contribution in [3.8, 4) is 5.75 Å². The number of amides is 1. The van der Waals surface area contributed by atoms with Crippen LogP contribution in [0.4, 0.5) is 4.39 Å². The third-order valence-corrected chi connectivity index (χ3v) is 6.74. The average molecular weight is 484 g/mol. The Labute approximate surface area is 203 Å². The first-order chi connectivity index (χ1) is 16.3. The van der Waals surface area contributed by atoms with Crippen molar-refractivity contribution in [3.63, 3.8) is 0 Å². The normalized spacial score (nSPS) is 13.3. The van der Waals surface area contributed by atoms with E-state index in [4.69, 9.17) is 10.6 Å². The van der Waals surface area contributed by atoms with E-state index in [1.807, 2.05) is 13.0 Å². The summed E-state index contributed by atoms with van der Waals surface area (Å²) in [6.07, 6.45) is 1.88. The Morgan fingerprint density at radius 3 is 2.74 bits per heavy atom. The molecule has 0 radical (unpaired) electrons. The maximum absolute atomic E-state index is 14.1. The van der Waals surface area contributed by atoms with Crippen molar-refractivity contribution >= 4 is 17.7 Å². The van der Waals surface area contributed by atoms with Crippen LogP contribution in [0, 0.1) is 12.7 Å². The zero-order valence-electron chi connectivity index (χ0n) is 19.7. The lowest BCUT2D eigenvalue weighted by molar-refractivity contribution is -0.129. The molecule has 0 saturated heterocycles. The molecule has 1 aliphatic rings. The van der Waals surface area contributed by atoms with E-state index in [0.29, 0.717) is 22.5 Å². The van der Waals surface area contributed by atoms with Crippen molar-refractivity contribution in [2.45, 2.75) is 63.9 Å². The topological polar surface area (TPSA) is 86.3 Å². The molecule has 0 bridgehead atoms. The van der Waals surface area contributed by atoms with E-state index in [9.17, 15) is 9.18 Å². The maximum atomic E-state index is 14.1. The number of carbonyl (C=O) groups excluding carboxylic acids is 1. The van der Waals surface area contributed by atoms with E-state index in [2.05, 4.69) is 36.2 Å². The van der Waals surface area contributed by atoms with Gasteiger partial charge in [0, 0.05) is 18.2 Å². The summed E-state index contributed by atoms with van der Waals surface area (Å²) in [5.74, 6) is 7.56. The second-order valence-electron chi connectivity index (χ2n) is 8.89. The number of rotatable bonds is 10. The summed E-state index contributed by atoms with van der Waals surface area (Å²) in [6.45, 7) is 6.69. The largest absolute Gasteiger partial charge is 0.485 e. The number of carbonyl (C=O) groups is 1. The number of thioether (sulfide) groups is 1. The van der Waals surface area contributed by atoms with Crippen LogP contribution in [0.1, 0.15) is 55.1 Å². The highest BCUT2D eigenvalue weighted by molar-refractivity contribution is 7.99. The highest BCUT2D eigenvalue weighted by atomic mass is 32.2. The molecule has 1 amide bonds. The molecule has 4 rings (SSSR count). The number of aryl methyl sites for hydroxylation is 1. The van der Waals surface area contributed by atoms with Gasteiger partial charge in [-0.3, -0.25) is 4.79 Å². The van der Waals surface area contributed by atoms with Gasteiger partial charge in [-0.15, -0.1) is 10.2 Å². The van der Waals surface area contributed by atoms with Crippen molar-refractivity contribution in [3.05, 3.63) is 70.8 Å². The van der Waals surface area contributed by atoms with Gasteiger partial charge in [0.25, 0.3) is 0 Å². The van der Waals surface area contributed by atoms with Crippen molar-refractivity contribution in [1.29, 1.82) is 0 Å². The highest BCUT2D eigenvalue weighted by Crippen LogP contribution is 2.31. The second kappa shape index (κ2) is 10.5. The molecule has 0 unspecified atom stereocenters. The zero-order valence-corrected chi connectivity index (χ0v) is 20.5. The summed E-state index contributed by atoms with van der Waals surface area (Å²) in [6, 6.07) is 12.9. The quantitative estimate of drug-likeness (QED) is 0.339. The summed E-state index contributed by atoms with van der Waals surface area (Å²) in [7, 11) is 0. The highest BCUT2D eigenvalue weighted by Gasteiger charge is 2.33. The van der Waals surface area contributed by atoms with E-state index < -0.39 is 0 Å². The molecule has 2 N–H and O–H groups in total. The van der Waals surface area contributed by atoms with Gasteiger partial charge in [-0.2, -0.15) is 0 Å². The molecule has 1 aromatic heterocycles. The van der Waals surface area contributed by atoms with Gasteiger partial charge in [0.1, 0.15) is 18.2 Å². The first-order valence-corrected chi connectivity index (χ1v) is 12.4. The Hall–Kier alpha value is -3.07. The lowest BCUT2D eigenvalue weighted by Crippen LogP contribution is -2.34. The minimum Gasteiger partial charge on any atom is -0.485 e. The third-order valence-electron chi connectivity index (χ3n) is 5.81. The molecule has 1 heterocycles. The fraction of sp³-hybridized carbons (Fsp3) is 0.400. The number of halogens is 1. The van der Waals surface area contributed by atoms with Crippen LogP contribution >= 0.6 is 11.8 Å². The van der Waals surface area contributed by atoms with Gasteiger partial charge in [0.05, 0.1) is 5.75 Å². The fourth-order valence-electron chi connectivity index (χ4n) is 3.72. The summed E-state index contributed by atoms with van der Waals surface area (Å²) >= 11 is 1.22. The monoisotopic (exact) mass is 483 g/mol. The molecule has 2 aromatic carbocycles. The van der Waals surface area contributed by atoms with Crippen LogP contribution in [0.25, 0.3) is 0 Å². The van der Waals surface area contributed by atoms with Crippen LogP contribution in [-0.2, 0) is 17.9 Å². The Morgan fingerprint density at radius 1 is 1.26 bits per heavy atom. The predicted molar refractivity (Wildman–Crippen MR) is 130 cm³/mol. The molecule has 34 heavy (non-hydrogen) atoms. The number of nitrogen functional groups attached to an aromatic ring is 1. The van der Waals surface area contributed by atoms with Crippen molar-refractivity contribution in [1.82, 2.24) is 19.8 Å². The molecule has 0 spiro atoms. The van der Waals surface area contributed by atoms with Gasteiger partial charge in [0.15, 0.2) is 5.82 Å². The Kier molecular flexibility index (Phi) is 7.41.